The van der Waals surface area contributed by atoms with Gasteiger partial charge in [-0.1, -0.05) is 0 Å². The van der Waals surface area contributed by atoms with Gasteiger partial charge in [0.2, 0.25) is 0 Å². The zero-order chi connectivity index (χ0) is 15.3. The Morgan fingerprint density at radius 3 is 2.65 bits per heavy atom. The quantitative estimate of drug-likeness (QED) is 0.843. The summed E-state index contributed by atoms with van der Waals surface area (Å²) in [7, 11) is 1.41. The lowest BCUT2D eigenvalue weighted by Crippen LogP contribution is -2.43. The molecular weight excluding hydrogens is 299 g/mol. The summed E-state index contributed by atoms with van der Waals surface area (Å²) in [4.78, 5) is 22.7. The van der Waals surface area contributed by atoms with E-state index < -0.39 is 30.5 Å². The smallest absolute Gasteiger partial charge is 0.391 e. The van der Waals surface area contributed by atoms with Crippen LogP contribution >= 0.6 is 11.3 Å². The minimum Gasteiger partial charge on any atom is -0.480 e. The van der Waals surface area contributed by atoms with Crippen LogP contribution in [0.3, 0.4) is 0 Å². The highest BCUT2D eigenvalue weighted by Crippen LogP contribution is 2.23. The summed E-state index contributed by atoms with van der Waals surface area (Å²) in [6.45, 7) is 0.114. The van der Waals surface area contributed by atoms with E-state index in [1.807, 2.05) is 5.32 Å². The third-order valence-corrected chi connectivity index (χ3v) is 3.25. The number of carbonyl (C=O) groups is 2. The summed E-state index contributed by atoms with van der Waals surface area (Å²) < 4.78 is 41.5. The number of aliphatic carboxylic acids is 1. The second-order valence-electron chi connectivity index (χ2n) is 3.89. The minimum absolute atomic E-state index is 0.114. The topological polar surface area (TPSA) is 75.6 Å². The van der Waals surface area contributed by atoms with Crippen LogP contribution in [0, 0.1) is 0 Å². The molecule has 0 fully saturated rings. The molecule has 1 amide bonds. The van der Waals surface area contributed by atoms with Crippen molar-refractivity contribution >= 4 is 23.2 Å². The number of hydrogen-bond acceptors (Lipinski definition) is 4. The number of carboxylic acids is 1. The highest BCUT2D eigenvalue weighted by atomic mass is 32.1. The van der Waals surface area contributed by atoms with E-state index >= 15 is 0 Å². The predicted octanol–water partition coefficient (Wildman–Crippen LogP) is 2.03. The van der Waals surface area contributed by atoms with E-state index in [4.69, 9.17) is 9.84 Å². The molecule has 1 unspecified atom stereocenters. The number of hydrogen-bond donors (Lipinski definition) is 2. The monoisotopic (exact) mass is 311 g/mol. The molecule has 0 saturated carbocycles. The molecule has 1 atom stereocenters. The summed E-state index contributed by atoms with van der Waals surface area (Å²) in [6, 6.07) is -0.428. The van der Waals surface area contributed by atoms with Gasteiger partial charge in [0.1, 0.15) is 6.04 Å². The van der Waals surface area contributed by atoms with Crippen molar-refractivity contribution in [1.29, 1.82) is 0 Å². The molecule has 0 aromatic carbocycles. The largest absolute Gasteiger partial charge is 0.480 e. The van der Waals surface area contributed by atoms with Crippen LogP contribution in [0.2, 0.25) is 0 Å². The second-order valence-corrected chi connectivity index (χ2v) is 4.81. The van der Waals surface area contributed by atoms with Crippen LogP contribution in [-0.2, 0) is 16.1 Å². The lowest BCUT2D eigenvalue weighted by molar-refractivity contribution is -0.157. The van der Waals surface area contributed by atoms with Gasteiger partial charge in [-0.15, -0.1) is 11.3 Å². The zero-order valence-corrected chi connectivity index (χ0v) is 11.2. The normalized spacial score (nSPS) is 13.0. The number of rotatable bonds is 6. The Balaban J connectivity index is 2.80. The molecule has 0 aliphatic carbocycles. The van der Waals surface area contributed by atoms with Gasteiger partial charge in [-0.2, -0.15) is 13.2 Å². The Hall–Kier alpha value is -1.61. The number of carbonyl (C=O) groups excluding carboxylic acids is 1. The third kappa shape index (κ3) is 4.82. The van der Waals surface area contributed by atoms with Crippen LogP contribution in [-0.4, -0.2) is 36.3 Å². The van der Waals surface area contributed by atoms with Crippen molar-refractivity contribution in [1.82, 2.24) is 5.32 Å². The molecule has 5 nitrogen and oxygen atoms in total. The van der Waals surface area contributed by atoms with Crippen LogP contribution < -0.4 is 5.32 Å². The third-order valence-electron chi connectivity index (χ3n) is 2.29. The van der Waals surface area contributed by atoms with E-state index in [-0.39, 0.29) is 11.5 Å². The fourth-order valence-corrected chi connectivity index (χ4v) is 2.27. The molecule has 1 aromatic rings. The summed E-state index contributed by atoms with van der Waals surface area (Å²) in [6.07, 6.45) is -6.31. The van der Waals surface area contributed by atoms with E-state index in [0.29, 0.717) is 5.56 Å². The van der Waals surface area contributed by atoms with Crippen molar-refractivity contribution in [3.8, 4) is 0 Å². The van der Waals surface area contributed by atoms with Gasteiger partial charge in [-0.25, -0.2) is 4.79 Å². The number of alkyl halides is 3. The Labute approximate surface area is 116 Å². The van der Waals surface area contributed by atoms with Crippen LogP contribution in [0.25, 0.3) is 0 Å². The number of thiophene rings is 1. The molecule has 0 aliphatic rings. The van der Waals surface area contributed by atoms with Crippen LogP contribution in [0.1, 0.15) is 21.7 Å². The maximum Gasteiger partial charge on any atom is 0.391 e. The fraction of sp³-hybridized carbons (Fsp3) is 0.455. The molecule has 20 heavy (non-hydrogen) atoms. The maximum atomic E-state index is 12.2. The number of halogens is 3. The standard InChI is InChI=1S/C11H12F3NO4S/c1-19-5-6-2-3-20-8(6)9(16)15-7(10(17)18)4-11(12,13)14/h2-3,7H,4-5H2,1H3,(H,15,16)(H,17,18). The molecule has 1 rings (SSSR count). The lowest BCUT2D eigenvalue weighted by Gasteiger charge is -2.16. The molecular formula is C11H12F3NO4S. The molecule has 0 bridgehead atoms. The first-order valence-corrected chi connectivity index (χ1v) is 6.28. The average molecular weight is 311 g/mol. The highest BCUT2D eigenvalue weighted by molar-refractivity contribution is 7.12. The van der Waals surface area contributed by atoms with Gasteiger partial charge >= 0.3 is 12.1 Å². The van der Waals surface area contributed by atoms with Gasteiger partial charge in [0, 0.05) is 12.7 Å². The summed E-state index contributed by atoms with van der Waals surface area (Å²) in [5.74, 6) is -2.59. The summed E-state index contributed by atoms with van der Waals surface area (Å²) >= 11 is 1.00. The number of amides is 1. The Morgan fingerprint density at radius 2 is 2.15 bits per heavy atom. The number of nitrogens with one attached hydrogen (secondary N) is 1. The molecule has 0 spiro atoms. The lowest BCUT2D eigenvalue weighted by atomic mass is 10.2. The molecule has 2 N–H and O–H groups in total. The van der Waals surface area contributed by atoms with Crippen molar-refractivity contribution in [3.63, 3.8) is 0 Å². The molecule has 9 heteroatoms. The molecule has 112 valence electrons. The highest BCUT2D eigenvalue weighted by Gasteiger charge is 2.36. The number of carboxylic acid groups (broad SMARTS) is 1. The minimum atomic E-state index is -4.68. The van der Waals surface area contributed by atoms with Gasteiger partial charge in [-0.05, 0) is 11.4 Å². The fourth-order valence-electron chi connectivity index (χ4n) is 1.46. The van der Waals surface area contributed by atoms with Crippen molar-refractivity contribution in [3.05, 3.63) is 21.9 Å². The molecule has 0 radical (unpaired) electrons. The van der Waals surface area contributed by atoms with Crippen LogP contribution in [0.4, 0.5) is 13.2 Å². The van der Waals surface area contributed by atoms with Crippen molar-refractivity contribution in [2.75, 3.05) is 7.11 Å². The van der Waals surface area contributed by atoms with Gasteiger partial charge in [0.15, 0.2) is 0 Å². The average Bonchev–Trinajstić information content (AvgIpc) is 2.75. The van der Waals surface area contributed by atoms with Gasteiger partial charge < -0.3 is 15.2 Å². The predicted molar refractivity (Wildman–Crippen MR) is 64.6 cm³/mol. The van der Waals surface area contributed by atoms with Crippen LogP contribution in [0.15, 0.2) is 11.4 Å². The Kier molecular flexibility index (Phi) is 5.52. The number of methoxy groups -OCH3 is 1. The molecule has 1 aromatic heterocycles. The zero-order valence-electron chi connectivity index (χ0n) is 10.4. The van der Waals surface area contributed by atoms with Gasteiger partial charge in [0.25, 0.3) is 5.91 Å². The maximum absolute atomic E-state index is 12.2. The Morgan fingerprint density at radius 1 is 1.50 bits per heavy atom. The first-order valence-electron chi connectivity index (χ1n) is 5.40. The first-order chi connectivity index (χ1) is 9.24. The first kappa shape index (κ1) is 16.4. The summed E-state index contributed by atoms with van der Waals surface area (Å²) in [5.41, 5.74) is 0.492. The van der Waals surface area contributed by atoms with E-state index in [2.05, 4.69) is 0 Å². The van der Waals surface area contributed by atoms with Crippen LogP contribution in [0.5, 0.6) is 0 Å². The van der Waals surface area contributed by atoms with E-state index in [9.17, 15) is 22.8 Å². The Bertz CT molecular complexity index is 486. The molecule has 0 saturated heterocycles. The van der Waals surface area contributed by atoms with Crippen molar-refractivity contribution in [2.24, 2.45) is 0 Å². The van der Waals surface area contributed by atoms with E-state index in [0.717, 1.165) is 11.3 Å². The van der Waals surface area contributed by atoms with Crippen molar-refractivity contribution in [2.45, 2.75) is 25.2 Å². The summed E-state index contributed by atoms with van der Waals surface area (Å²) in [5, 5.41) is 12.2. The SMILES string of the molecule is COCc1ccsc1C(=O)NC(CC(F)(F)F)C(=O)O. The second kappa shape index (κ2) is 6.71. The van der Waals surface area contributed by atoms with Gasteiger partial charge in [0.05, 0.1) is 17.9 Å². The molecule has 1 heterocycles. The number of ether oxygens (including phenoxy) is 1. The van der Waals surface area contributed by atoms with Crippen molar-refractivity contribution < 1.29 is 32.6 Å². The molecule has 0 aliphatic heterocycles. The van der Waals surface area contributed by atoms with Gasteiger partial charge in [-0.3, -0.25) is 4.79 Å². The van der Waals surface area contributed by atoms with E-state index in [1.54, 1.807) is 11.4 Å². The van der Waals surface area contributed by atoms with E-state index in [1.165, 1.54) is 7.11 Å².